The third-order valence-corrected chi connectivity index (χ3v) is 4.37. The van der Waals surface area contributed by atoms with Crippen LogP contribution in [0, 0.1) is 0 Å². The van der Waals surface area contributed by atoms with Gasteiger partial charge in [0.15, 0.2) is 17.3 Å². The maximum atomic E-state index is 12.5. The number of carbonyl (C=O) groups is 2. The molecule has 0 spiro atoms. The van der Waals surface area contributed by atoms with E-state index in [1.54, 1.807) is 37.4 Å². The molecule has 6 nitrogen and oxygen atoms in total. The van der Waals surface area contributed by atoms with Crippen molar-refractivity contribution in [3.63, 3.8) is 0 Å². The molecule has 0 aliphatic heterocycles. The zero-order chi connectivity index (χ0) is 20.8. The monoisotopic (exact) mass is 390 g/mol. The quantitative estimate of drug-likeness (QED) is 0.561. The molecule has 0 heterocycles. The zero-order valence-corrected chi connectivity index (χ0v) is 16.5. The first-order chi connectivity index (χ1) is 14.0. The minimum Gasteiger partial charge on any atom is -0.493 e. The molecule has 0 atom stereocenters. The second-order valence-electron chi connectivity index (χ2n) is 6.36. The second-order valence-corrected chi connectivity index (χ2v) is 6.36. The van der Waals surface area contributed by atoms with E-state index in [-0.39, 0.29) is 11.7 Å². The summed E-state index contributed by atoms with van der Waals surface area (Å²) in [4.78, 5) is 23.8. The molecule has 0 aromatic heterocycles. The number of benzene rings is 3. The van der Waals surface area contributed by atoms with Crippen molar-refractivity contribution in [2.45, 2.75) is 6.92 Å². The van der Waals surface area contributed by atoms with Crippen LogP contribution in [0.15, 0.2) is 66.7 Å². The lowest BCUT2D eigenvalue weighted by Crippen LogP contribution is -2.12. The average molecular weight is 390 g/mol. The Morgan fingerprint density at radius 3 is 1.76 bits per heavy atom. The number of ether oxygens (including phenoxy) is 2. The van der Waals surface area contributed by atoms with Crippen molar-refractivity contribution in [2.24, 2.45) is 0 Å². The number of amides is 1. The number of carbonyl (C=O) groups excluding carboxylic acids is 2. The molecule has 6 heteroatoms. The lowest BCUT2D eigenvalue weighted by molar-refractivity contribution is 0.101. The first-order valence-electron chi connectivity index (χ1n) is 9.01. The summed E-state index contributed by atoms with van der Waals surface area (Å²) in [5.41, 5.74) is 3.54. The first kappa shape index (κ1) is 19.9. The van der Waals surface area contributed by atoms with E-state index < -0.39 is 0 Å². The normalized spacial score (nSPS) is 10.2. The van der Waals surface area contributed by atoms with Gasteiger partial charge in [-0.15, -0.1) is 0 Å². The van der Waals surface area contributed by atoms with Crippen molar-refractivity contribution in [1.29, 1.82) is 0 Å². The fraction of sp³-hybridized carbons (Fsp3) is 0.130. The van der Waals surface area contributed by atoms with Crippen molar-refractivity contribution in [3.8, 4) is 11.5 Å². The number of ketones is 1. The molecule has 1 amide bonds. The van der Waals surface area contributed by atoms with Crippen LogP contribution in [0.5, 0.6) is 11.5 Å². The summed E-state index contributed by atoms with van der Waals surface area (Å²) < 4.78 is 10.4. The molecule has 3 aromatic rings. The highest BCUT2D eigenvalue weighted by Crippen LogP contribution is 2.28. The van der Waals surface area contributed by atoms with Gasteiger partial charge in [0, 0.05) is 28.2 Å². The van der Waals surface area contributed by atoms with Gasteiger partial charge in [-0.3, -0.25) is 9.59 Å². The average Bonchev–Trinajstić information content (AvgIpc) is 2.75. The molecule has 0 aliphatic carbocycles. The zero-order valence-electron chi connectivity index (χ0n) is 16.5. The van der Waals surface area contributed by atoms with Crippen LogP contribution in [0.2, 0.25) is 0 Å². The Hall–Kier alpha value is -3.80. The van der Waals surface area contributed by atoms with E-state index >= 15 is 0 Å². The van der Waals surface area contributed by atoms with Crippen LogP contribution in [-0.2, 0) is 0 Å². The van der Waals surface area contributed by atoms with Gasteiger partial charge in [0.1, 0.15) is 0 Å². The fourth-order valence-corrected chi connectivity index (χ4v) is 2.77. The largest absolute Gasteiger partial charge is 0.493 e. The van der Waals surface area contributed by atoms with E-state index in [2.05, 4.69) is 10.6 Å². The summed E-state index contributed by atoms with van der Waals surface area (Å²) in [6.07, 6.45) is 0. The lowest BCUT2D eigenvalue weighted by Gasteiger charge is -2.11. The molecule has 148 valence electrons. The smallest absolute Gasteiger partial charge is 0.255 e. The Kier molecular flexibility index (Phi) is 6.14. The van der Waals surface area contributed by atoms with Gasteiger partial charge in [-0.05, 0) is 73.7 Å². The molecule has 0 aliphatic rings. The molecule has 0 radical (unpaired) electrons. The Balaban J connectivity index is 1.65. The number of hydrogen-bond acceptors (Lipinski definition) is 5. The Labute approximate surface area is 169 Å². The molecule has 0 saturated carbocycles. The van der Waals surface area contributed by atoms with Crippen molar-refractivity contribution >= 4 is 28.8 Å². The number of nitrogens with one attached hydrogen (secondary N) is 2. The van der Waals surface area contributed by atoms with Crippen LogP contribution in [-0.4, -0.2) is 25.9 Å². The Morgan fingerprint density at radius 2 is 1.21 bits per heavy atom. The fourth-order valence-electron chi connectivity index (χ4n) is 2.77. The second kappa shape index (κ2) is 8.93. The summed E-state index contributed by atoms with van der Waals surface area (Å²) in [7, 11) is 3.07. The highest BCUT2D eigenvalue weighted by atomic mass is 16.5. The van der Waals surface area contributed by atoms with Crippen LogP contribution >= 0.6 is 0 Å². The van der Waals surface area contributed by atoms with Crippen LogP contribution in [0.3, 0.4) is 0 Å². The van der Waals surface area contributed by atoms with Crippen molar-refractivity contribution < 1.29 is 19.1 Å². The Bertz CT molecular complexity index is 1010. The molecule has 0 fully saturated rings. The number of anilines is 3. The number of hydrogen-bond donors (Lipinski definition) is 2. The van der Waals surface area contributed by atoms with Crippen LogP contribution in [0.25, 0.3) is 0 Å². The maximum Gasteiger partial charge on any atom is 0.255 e. The molecule has 0 unspecified atom stereocenters. The molecular formula is C23H22N2O4. The van der Waals surface area contributed by atoms with Gasteiger partial charge in [0.25, 0.3) is 5.91 Å². The lowest BCUT2D eigenvalue weighted by atomic mass is 10.1. The molecule has 2 N–H and O–H groups in total. The van der Waals surface area contributed by atoms with Gasteiger partial charge in [-0.1, -0.05) is 0 Å². The van der Waals surface area contributed by atoms with Crippen molar-refractivity contribution in [1.82, 2.24) is 0 Å². The molecular weight excluding hydrogens is 368 g/mol. The van der Waals surface area contributed by atoms with Gasteiger partial charge in [-0.25, -0.2) is 0 Å². The van der Waals surface area contributed by atoms with Crippen molar-refractivity contribution in [2.75, 3.05) is 24.9 Å². The van der Waals surface area contributed by atoms with Crippen molar-refractivity contribution in [3.05, 3.63) is 77.9 Å². The highest BCUT2D eigenvalue weighted by molar-refractivity contribution is 6.04. The minimum atomic E-state index is -0.244. The maximum absolute atomic E-state index is 12.5. The van der Waals surface area contributed by atoms with Gasteiger partial charge in [-0.2, -0.15) is 0 Å². The van der Waals surface area contributed by atoms with E-state index in [9.17, 15) is 9.59 Å². The van der Waals surface area contributed by atoms with Crippen LogP contribution < -0.4 is 20.1 Å². The number of Topliss-reactive ketones (excluding diaryl/α,β-unsaturated/α-hetero) is 1. The molecule has 29 heavy (non-hydrogen) atoms. The molecule has 0 saturated heterocycles. The van der Waals surface area contributed by atoms with Gasteiger partial charge >= 0.3 is 0 Å². The topological polar surface area (TPSA) is 76.7 Å². The summed E-state index contributed by atoms with van der Waals surface area (Å²) in [5, 5.41) is 6.11. The van der Waals surface area contributed by atoms with Gasteiger partial charge in [0.05, 0.1) is 14.2 Å². The van der Waals surface area contributed by atoms with E-state index in [1.165, 1.54) is 14.0 Å². The molecule has 3 aromatic carbocycles. The SMILES string of the molecule is COc1ccc(C(=O)Nc2ccc(Nc3ccc(C(C)=O)cc3)cc2)cc1OC. The predicted octanol–water partition coefficient (Wildman–Crippen LogP) is 4.90. The number of rotatable bonds is 7. The minimum absolute atomic E-state index is 0.0334. The summed E-state index contributed by atoms with van der Waals surface area (Å²) >= 11 is 0. The van der Waals surface area contributed by atoms with Gasteiger partial charge in [0.2, 0.25) is 0 Å². The van der Waals surface area contributed by atoms with E-state index in [4.69, 9.17) is 9.47 Å². The first-order valence-corrected chi connectivity index (χ1v) is 9.01. The van der Waals surface area contributed by atoms with Crippen LogP contribution in [0.4, 0.5) is 17.1 Å². The molecule has 0 bridgehead atoms. The third kappa shape index (κ3) is 4.93. The predicted molar refractivity (Wildman–Crippen MR) is 114 cm³/mol. The Morgan fingerprint density at radius 1 is 0.690 bits per heavy atom. The number of methoxy groups -OCH3 is 2. The highest BCUT2D eigenvalue weighted by Gasteiger charge is 2.11. The summed E-state index contributed by atoms with van der Waals surface area (Å²) in [6, 6.07) is 19.6. The van der Waals surface area contributed by atoms with Crippen LogP contribution in [0.1, 0.15) is 27.6 Å². The van der Waals surface area contributed by atoms with Gasteiger partial charge < -0.3 is 20.1 Å². The summed E-state index contributed by atoms with van der Waals surface area (Å²) in [6.45, 7) is 1.54. The standard InChI is InChI=1S/C23H22N2O4/c1-15(26)16-4-7-18(8-5-16)24-19-9-11-20(12-10-19)25-23(27)17-6-13-21(28-2)22(14-17)29-3/h4-14,24H,1-3H3,(H,25,27). The van der Waals surface area contributed by atoms with E-state index in [1.807, 2.05) is 36.4 Å². The summed E-state index contributed by atoms with van der Waals surface area (Å²) in [5.74, 6) is 0.851. The molecule has 3 rings (SSSR count). The van der Waals surface area contributed by atoms with E-state index in [0.717, 1.165) is 11.4 Å². The third-order valence-electron chi connectivity index (χ3n) is 4.37. The van der Waals surface area contributed by atoms with E-state index in [0.29, 0.717) is 28.3 Å².